The SMILES string of the molecule is N#Cc1c(-c2ccc(Cl)cc2)noc1N. The summed E-state index contributed by atoms with van der Waals surface area (Å²) in [6, 6.07) is 8.87. The molecule has 0 bridgehead atoms. The summed E-state index contributed by atoms with van der Waals surface area (Å²) >= 11 is 5.74. The summed E-state index contributed by atoms with van der Waals surface area (Å²) in [7, 11) is 0. The van der Waals surface area contributed by atoms with E-state index in [-0.39, 0.29) is 11.4 Å². The second-order valence-corrected chi connectivity index (χ2v) is 3.33. The van der Waals surface area contributed by atoms with E-state index in [4.69, 9.17) is 27.1 Å². The fourth-order valence-electron chi connectivity index (χ4n) is 1.22. The number of nitrogens with two attached hydrogens (primary N) is 1. The Bertz CT molecular complexity index is 525. The molecule has 1 aromatic heterocycles. The van der Waals surface area contributed by atoms with Gasteiger partial charge in [0.1, 0.15) is 17.3 Å². The number of hydrogen-bond acceptors (Lipinski definition) is 4. The Kier molecular flexibility index (Phi) is 2.32. The summed E-state index contributed by atoms with van der Waals surface area (Å²) in [6.07, 6.45) is 0. The van der Waals surface area contributed by atoms with Crippen LogP contribution in [0, 0.1) is 11.3 Å². The van der Waals surface area contributed by atoms with E-state index in [9.17, 15) is 0 Å². The maximum atomic E-state index is 8.85. The molecule has 0 aliphatic rings. The van der Waals surface area contributed by atoms with Crippen molar-refractivity contribution in [2.24, 2.45) is 0 Å². The van der Waals surface area contributed by atoms with Crippen LogP contribution in [0.4, 0.5) is 5.88 Å². The summed E-state index contributed by atoms with van der Waals surface area (Å²) in [5, 5.41) is 13.2. The number of benzene rings is 1. The van der Waals surface area contributed by atoms with Gasteiger partial charge in [0.25, 0.3) is 0 Å². The highest BCUT2D eigenvalue weighted by molar-refractivity contribution is 6.30. The zero-order valence-corrected chi connectivity index (χ0v) is 8.32. The molecule has 0 saturated carbocycles. The van der Waals surface area contributed by atoms with Crippen molar-refractivity contribution in [1.29, 1.82) is 5.26 Å². The van der Waals surface area contributed by atoms with Crippen LogP contribution in [0.3, 0.4) is 0 Å². The number of hydrogen-bond donors (Lipinski definition) is 1. The van der Waals surface area contributed by atoms with Crippen LogP contribution < -0.4 is 5.73 Å². The molecule has 0 aliphatic heterocycles. The molecule has 4 nitrogen and oxygen atoms in total. The molecule has 74 valence electrons. The molecule has 0 aliphatic carbocycles. The number of nitrogens with zero attached hydrogens (tertiary/aromatic N) is 2. The Morgan fingerprint density at radius 1 is 1.33 bits per heavy atom. The molecule has 1 heterocycles. The average molecular weight is 220 g/mol. The molecule has 5 heteroatoms. The van der Waals surface area contributed by atoms with E-state index < -0.39 is 0 Å². The van der Waals surface area contributed by atoms with Crippen LogP contribution in [0.5, 0.6) is 0 Å². The van der Waals surface area contributed by atoms with E-state index in [0.717, 1.165) is 5.56 Å². The minimum Gasteiger partial charge on any atom is -0.366 e. The van der Waals surface area contributed by atoms with Gasteiger partial charge in [-0.2, -0.15) is 5.26 Å². The number of aromatic nitrogens is 1. The Labute approximate surface area is 90.9 Å². The molecule has 0 atom stereocenters. The van der Waals surface area contributed by atoms with Gasteiger partial charge in [-0.15, -0.1) is 0 Å². The van der Waals surface area contributed by atoms with E-state index in [0.29, 0.717) is 10.7 Å². The van der Waals surface area contributed by atoms with Crippen LogP contribution in [0.1, 0.15) is 5.56 Å². The third-order valence-corrected chi connectivity index (χ3v) is 2.20. The molecule has 0 unspecified atom stereocenters. The lowest BCUT2D eigenvalue weighted by Gasteiger charge is -1.95. The summed E-state index contributed by atoms with van der Waals surface area (Å²) in [5.41, 5.74) is 6.87. The van der Waals surface area contributed by atoms with Crippen LogP contribution in [-0.4, -0.2) is 5.16 Å². The topological polar surface area (TPSA) is 75.8 Å². The summed E-state index contributed by atoms with van der Waals surface area (Å²) in [6.45, 7) is 0. The van der Waals surface area contributed by atoms with Gasteiger partial charge in [0.2, 0.25) is 5.88 Å². The first kappa shape index (κ1) is 9.56. The minimum atomic E-state index is 0.0300. The molecule has 0 amide bonds. The van der Waals surface area contributed by atoms with E-state index in [1.165, 1.54) is 0 Å². The van der Waals surface area contributed by atoms with Crippen molar-refractivity contribution in [3.05, 3.63) is 34.9 Å². The number of nitriles is 1. The van der Waals surface area contributed by atoms with Crippen molar-refractivity contribution in [2.75, 3.05) is 5.73 Å². The first-order valence-corrected chi connectivity index (χ1v) is 4.51. The minimum absolute atomic E-state index is 0.0300. The van der Waals surface area contributed by atoms with Crippen molar-refractivity contribution in [1.82, 2.24) is 5.16 Å². The Hall–Kier alpha value is -1.99. The maximum Gasteiger partial charge on any atom is 0.240 e. The number of rotatable bonds is 1. The summed E-state index contributed by atoms with van der Waals surface area (Å²) in [5.74, 6) is 0.0300. The molecular formula is C10H6ClN3O. The predicted octanol–water partition coefficient (Wildman–Crippen LogP) is 2.45. The highest BCUT2D eigenvalue weighted by Crippen LogP contribution is 2.26. The monoisotopic (exact) mass is 219 g/mol. The Morgan fingerprint density at radius 2 is 2.00 bits per heavy atom. The lowest BCUT2D eigenvalue weighted by molar-refractivity contribution is 0.439. The van der Waals surface area contributed by atoms with Gasteiger partial charge in [-0.25, -0.2) is 0 Å². The maximum absolute atomic E-state index is 8.85. The van der Waals surface area contributed by atoms with Gasteiger partial charge in [-0.05, 0) is 12.1 Å². The average Bonchev–Trinajstić information content (AvgIpc) is 2.61. The molecule has 15 heavy (non-hydrogen) atoms. The van der Waals surface area contributed by atoms with Gasteiger partial charge >= 0.3 is 0 Å². The second kappa shape index (κ2) is 3.64. The Morgan fingerprint density at radius 3 is 2.60 bits per heavy atom. The van der Waals surface area contributed by atoms with E-state index >= 15 is 0 Å². The van der Waals surface area contributed by atoms with Crippen LogP contribution in [0.15, 0.2) is 28.8 Å². The van der Waals surface area contributed by atoms with Gasteiger partial charge in [-0.3, -0.25) is 0 Å². The molecule has 0 spiro atoms. The highest BCUT2D eigenvalue weighted by atomic mass is 35.5. The molecule has 0 fully saturated rings. The zero-order chi connectivity index (χ0) is 10.8. The summed E-state index contributed by atoms with van der Waals surface area (Å²) in [4.78, 5) is 0. The van der Waals surface area contributed by atoms with Gasteiger partial charge in [0.05, 0.1) is 0 Å². The van der Waals surface area contributed by atoms with Crippen LogP contribution >= 0.6 is 11.6 Å². The third kappa shape index (κ3) is 1.65. The standard InChI is InChI=1S/C10H6ClN3O/c11-7-3-1-6(2-4-7)9-8(5-12)10(13)15-14-9/h1-4H,13H2. The van der Waals surface area contributed by atoms with Crippen molar-refractivity contribution >= 4 is 17.5 Å². The molecule has 0 radical (unpaired) electrons. The van der Waals surface area contributed by atoms with Crippen LogP contribution in [0.25, 0.3) is 11.3 Å². The lowest BCUT2D eigenvalue weighted by atomic mass is 10.1. The van der Waals surface area contributed by atoms with E-state index in [1.807, 2.05) is 6.07 Å². The van der Waals surface area contributed by atoms with Gasteiger partial charge in [0, 0.05) is 10.6 Å². The Balaban J connectivity index is 2.55. The largest absolute Gasteiger partial charge is 0.366 e. The van der Waals surface area contributed by atoms with Crippen LogP contribution in [-0.2, 0) is 0 Å². The van der Waals surface area contributed by atoms with Crippen molar-refractivity contribution in [3.63, 3.8) is 0 Å². The van der Waals surface area contributed by atoms with E-state index in [1.54, 1.807) is 24.3 Å². The lowest BCUT2D eigenvalue weighted by Crippen LogP contribution is -1.86. The second-order valence-electron chi connectivity index (χ2n) is 2.89. The van der Waals surface area contributed by atoms with E-state index in [2.05, 4.69) is 5.16 Å². The zero-order valence-electron chi connectivity index (χ0n) is 7.57. The van der Waals surface area contributed by atoms with Gasteiger partial charge < -0.3 is 10.3 Å². The van der Waals surface area contributed by atoms with Crippen LogP contribution in [0.2, 0.25) is 5.02 Å². The fraction of sp³-hybridized carbons (Fsp3) is 0. The smallest absolute Gasteiger partial charge is 0.240 e. The summed E-state index contributed by atoms with van der Waals surface area (Å²) < 4.78 is 4.74. The quantitative estimate of drug-likeness (QED) is 0.799. The molecule has 2 rings (SSSR count). The molecule has 2 aromatic rings. The van der Waals surface area contributed by atoms with Gasteiger partial charge in [0.15, 0.2) is 0 Å². The fourth-order valence-corrected chi connectivity index (χ4v) is 1.34. The number of anilines is 1. The predicted molar refractivity (Wildman–Crippen MR) is 56.1 cm³/mol. The number of nitrogen functional groups attached to an aromatic ring is 1. The molecular weight excluding hydrogens is 214 g/mol. The highest BCUT2D eigenvalue weighted by Gasteiger charge is 2.14. The first-order chi connectivity index (χ1) is 7.22. The molecule has 1 aromatic carbocycles. The van der Waals surface area contributed by atoms with Crippen molar-refractivity contribution < 1.29 is 4.52 Å². The van der Waals surface area contributed by atoms with Crippen molar-refractivity contribution in [3.8, 4) is 17.3 Å². The third-order valence-electron chi connectivity index (χ3n) is 1.95. The van der Waals surface area contributed by atoms with Crippen molar-refractivity contribution in [2.45, 2.75) is 0 Å². The molecule has 2 N–H and O–H groups in total. The first-order valence-electron chi connectivity index (χ1n) is 4.13. The number of halogens is 1. The van der Waals surface area contributed by atoms with Gasteiger partial charge in [-0.1, -0.05) is 28.9 Å². The molecule has 0 saturated heterocycles. The normalized spacial score (nSPS) is 9.87.